The fraction of sp³-hybridized carbons (Fsp3) is 0.438. The monoisotopic (exact) mass is 258 g/mol. The van der Waals surface area contributed by atoms with Crippen molar-refractivity contribution >= 4 is 0 Å². The number of hydrogen-bond donors (Lipinski definition) is 0. The van der Waals surface area contributed by atoms with E-state index in [1.165, 1.54) is 11.1 Å². The second-order valence-electron chi connectivity index (χ2n) is 5.76. The Kier molecular flexibility index (Phi) is 3.65. The molecular formula is C16H22N2O. The van der Waals surface area contributed by atoms with Crippen LogP contribution in [0.1, 0.15) is 38.8 Å². The topological polar surface area (TPSA) is 27.1 Å². The highest BCUT2D eigenvalue weighted by atomic mass is 16.5. The molecule has 0 atom stereocenters. The van der Waals surface area contributed by atoms with Gasteiger partial charge in [0.1, 0.15) is 5.75 Å². The van der Waals surface area contributed by atoms with E-state index in [0.717, 1.165) is 17.9 Å². The Balaban J connectivity index is 2.69. The molecule has 1 aromatic carbocycles. The van der Waals surface area contributed by atoms with Gasteiger partial charge in [-0.3, -0.25) is 0 Å². The largest absolute Gasteiger partial charge is 0.494 e. The Morgan fingerprint density at radius 3 is 2.47 bits per heavy atom. The minimum atomic E-state index is 0.117. The first-order valence-electron chi connectivity index (χ1n) is 6.67. The molecule has 3 nitrogen and oxygen atoms in total. The third-order valence-corrected chi connectivity index (χ3v) is 3.38. The summed E-state index contributed by atoms with van der Waals surface area (Å²) in [6, 6.07) is 4.44. The van der Waals surface area contributed by atoms with Crippen LogP contribution in [0.4, 0.5) is 0 Å². The second-order valence-corrected chi connectivity index (χ2v) is 5.76. The zero-order chi connectivity index (χ0) is 14.0. The fourth-order valence-electron chi connectivity index (χ4n) is 2.20. The highest BCUT2D eigenvalue weighted by molar-refractivity contribution is 5.55. The van der Waals surface area contributed by atoms with Crippen LogP contribution in [-0.4, -0.2) is 16.7 Å². The molecule has 102 valence electrons. The Bertz CT molecular complexity index is 551. The van der Waals surface area contributed by atoms with Crippen molar-refractivity contribution in [3.63, 3.8) is 0 Å². The van der Waals surface area contributed by atoms with E-state index in [2.05, 4.69) is 44.8 Å². The molecule has 0 unspecified atom stereocenters. The molecule has 1 aromatic heterocycles. The smallest absolute Gasteiger partial charge is 0.146 e. The van der Waals surface area contributed by atoms with Crippen LogP contribution < -0.4 is 4.74 Å². The number of aromatic nitrogens is 2. The van der Waals surface area contributed by atoms with E-state index in [4.69, 9.17) is 4.74 Å². The maximum atomic E-state index is 5.61. The van der Waals surface area contributed by atoms with Gasteiger partial charge in [0.15, 0.2) is 0 Å². The van der Waals surface area contributed by atoms with Gasteiger partial charge in [0.2, 0.25) is 0 Å². The fourth-order valence-corrected chi connectivity index (χ4v) is 2.20. The molecule has 2 rings (SSSR count). The molecule has 0 aliphatic carbocycles. The molecule has 0 saturated heterocycles. The summed E-state index contributed by atoms with van der Waals surface area (Å²) in [5.41, 5.74) is 3.72. The van der Waals surface area contributed by atoms with Crippen LogP contribution in [0.15, 0.2) is 30.9 Å². The van der Waals surface area contributed by atoms with Gasteiger partial charge in [-0.1, -0.05) is 33.8 Å². The third kappa shape index (κ3) is 2.65. The maximum Gasteiger partial charge on any atom is 0.146 e. The summed E-state index contributed by atoms with van der Waals surface area (Å²) in [5, 5.41) is 0. The lowest BCUT2D eigenvalue weighted by Crippen LogP contribution is -2.13. The van der Waals surface area contributed by atoms with Crippen LogP contribution in [0.25, 0.3) is 5.69 Å². The van der Waals surface area contributed by atoms with Gasteiger partial charge >= 0.3 is 0 Å². The van der Waals surface area contributed by atoms with Crippen LogP contribution in [0.2, 0.25) is 0 Å². The molecule has 0 saturated carbocycles. The lowest BCUT2D eigenvalue weighted by Gasteiger charge is -2.23. The van der Waals surface area contributed by atoms with Crippen molar-refractivity contribution in [3.8, 4) is 11.4 Å². The van der Waals surface area contributed by atoms with E-state index >= 15 is 0 Å². The van der Waals surface area contributed by atoms with Crippen LogP contribution in [0.3, 0.4) is 0 Å². The van der Waals surface area contributed by atoms with Gasteiger partial charge in [-0.25, -0.2) is 4.98 Å². The van der Waals surface area contributed by atoms with E-state index in [1.807, 2.05) is 17.1 Å². The molecule has 0 aliphatic heterocycles. The molecule has 19 heavy (non-hydrogen) atoms. The molecule has 0 fully saturated rings. The van der Waals surface area contributed by atoms with Crippen molar-refractivity contribution in [1.82, 2.24) is 9.55 Å². The summed E-state index contributed by atoms with van der Waals surface area (Å²) >= 11 is 0. The van der Waals surface area contributed by atoms with Gasteiger partial charge in [-0.2, -0.15) is 0 Å². The van der Waals surface area contributed by atoms with E-state index in [9.17, 15) is 0 Å². The van der Waals surface area contributed by atoms with Gasteiger partial charge in [-0.15, -0.1) is 0 Å². The Labute approximate surface area is 115 Å². The van der Waals surface area contributed by atoms with Crippen LogP contribution in [0, 0.1) is 0 Å². The standard InChI is InChI=1S/C16H22N2O/c1-6-12-9-13(16(2,3)4)10-14(15(12)19-5)18-8-7-17-11-18/h7-11H,6H2,1-5H3. The summed E-state index contributed by atoms with van der Waals surface area (Å²) in [7, 11) is 1.73. The molecule has 1 heterocycles. The number of imidazole rings is 1. The van der Waals surface area contributed by atoms with Crippen molar-refractivity contribution in [2.45, 2.75) is 39.5 Å². The summed E-state index contributed by atoms with van der Waals surface area (Å²) in [6.45, 7) is 8.84. The summed E-state index contributed by atoms with van der Waals surface area (Å²) in [5.74, 6) is 0.938. The molecule has 3 heteroatoms. The zero-order valence-electron chi connectivity index (χ0n) is 12.4. The summed E-state index contributed by atoms with van der Waals surface area (Å²) < 4.78 is 7.62. The number of rotatable bonds is 3. The van der Waals surface area contributed by atoms with Gasteiger partial charge in [0, 0.05) is 12.4 Å². The van der Waals surface area contributed by atoms with E-state index in [1.54, 1.807) is 13.3 Å². The first kappa shape index (κ1) is 13.7. The molecule has 0 bridgehead atoms. The molecule has 0 aliphatic rings. The predicted molar refractivity (Wildman–Crippen MR) is 78.2 cm³/mol. The Morgan fingerprint density at radius 1 is 1.26 bits per heavy atom. The number of ether oxygens (including phenoxy) is 1. The quantitative estimate of drug-likeness (QED) is 0.838. The minimum absolute atomic E-state index is 0.117. The van der Waals surface area contributed by atoms with Gasteiger partial charge in [-0.05, 0) is 29.0 Å². The van der Waals surface area contributed by atoms with Crippen molar-refractivity contribution in [2.24, 2.45) is 0 Å². The van der Waals surface area contributed by atoms with E-state index in [-0.39, 0.29) is 5.41 Å². The zero-order valence-corrected chi connectivity index (χ0v) is 12.4. The first-order valence-corrected chi connectivity index (χ1v) is 6.67. The average molecular weight is 258 g/mol. The van der Waals surface area contributed by atoms with Crippen LogP contribution >= 0.6 is 0 Å². The normalized spacial score (nSPS) is 11.6. The van der Waals surface area contributed by atoms with Crippen molar-refractivity contribution in [2.75, 3.05) is 7.11 Å². The number of methoxy groups -OCH3 is 1. The van der Waals surface area contributed by atoms with Crippen LogP contribution in [0.5, 0.6) is 5.75 Å². The van der Waals surface area contributed by atoms with Crippen molar-refractivity contribution in [1.29, 1.82) is 0 Å². The Hall–Kier alpha value is -1.77. The molecule has 0 amide bonds. The highest BCUT2D eigenvalue weighted by Gasteiger charge is 2.19. The lowest BCUT2D eigenvalue weighted by molar-refractivity contribution is 0.407. The molecule has 0 radical (unpaired) electrons. The van der Waals surface area contributed by atoms with Crippen LogP contribution in [-0.2, 0) is 11.8 Å². The van der Waals surface area contributed by atoms with Gasteiger partial charge < -0.3 is 9.30 Å². The van der Waals surface area contributed by atoms with Crippen molar-refractivity contribution in [3.05, 3.63) is 42.0 Å². The number of nitrogens with zero attached hydrogens (tertiary/aromatic N) is 2. The van der Waals surface area contributed by atoms with Crippen molar-refractivity contribution < 1.29 is 4.74 Å². The third-order valence-electron chi connectivity index (χ3n) is 3.38. The van der Waals surface area contributed by atoms with Gasteiger partial charge in [0.05, 0.1) is 19.1 Å². The molecule has 0 spiro atoms. The molecular weight excluding hydrogens is 236 g/mol. The predicted octanol–water partition coefficient (Wildman–Crippen LogP) is 3.74. The van der Waals surface area contributed by atoms with Gasteiger partial charge in [0.25, 0.3) is 0 Å². The Morgan fingerprint density at radius 2 is 2.00 bits per heavy atom. The first-order chi connectivity index (χ1) is 8.97. The minimum Gasteiger partial charge on any atom is -0.494 e. The number of hydrogen-bond acceptors (Lipinski definition) is 2. The SMILES string of the molecule is CCc1cc(C(C)(C)C)cc(-n2ccnc2)c1OC. The summed E-state index contributed by atoms with van der Waals surface area (Å²) in [4.78, 5) is 4.13. The lowest BCUT2D eigenvalue weighted by atomic mass is 9.85. The molecule has 2 aromatic rings. The molecule has 0 N–H and O–H groups in total. The highest BCUT2D eigenvalue weighted by Crippen LogP contribution is 2.34. The number of aryl methyl sites for hydroxylation is 1. The maximum absolute atomic E-state index is 5.61. The van der Waals surface area contributed by atoms with E-state index in [0.29, 0.717) is 0 Å². The number of benzene rings is 1. The summed E-state index contributed by atoms with van der Waals surface area (Å²) in [6.07, 6.45) is 6.50. The average Bonchev–Trinajstić information content (AvgIpc) is 2.89. The van der Waals surface area contributed by atoms with E-state index < -0.39 is 0 Å². The second kappa shape index (κ2) is 5.08.